The molecule has 0 radical (unpaired) electrons. The summed E-state index contributed by atoms with van der Waals surface area (Å²) in [5.74, 6) is 1.28. The van der Waals surface area contributed by atoms with Crippen molar-refractivity contribution in [2.45, 2.75) is 44.8 Å². The van der Waals surface area contributed by atoms with Crippen molar-refractivity contribution in [1.29, 1.82) is 0 Å². The molecule has 1 N–H and O–H groups in total. The van der Waals surface area contributed by atoms with E-state index in [0.717, 1.165) is 60.9 Å². The lowest BCUT2D eigenvalue weighted by Crippen LogP contribution is -2.43. The first-order chi connectivity index (χ1) is 15.4. The highest BCUT2D eigenvalue weighted by Gasteiger charge is 2.35. The Morgan fingerprint density at radius 3 is 2.59 bits per heavy atom. The van der Waals surface area contributed by atoms with Crippen molar-refractivity contribution in [3.63, 3.8) is 0 Å². The van der Waals surface area contributed by atoms with Crippen LogP contribution in [-0.4, -0.2) is 62.0 Å². The van der Waals surface area contributed by atoms with Crippen LogP contribution < -0.4 is 10.1 Å². The van der Waals surface area contributed by atoms with Gasteiger partial charge in [0.25, 0.3) is 0 Å². The van der Waals surface area contributed by atoms with E-state index in [2.05, 4.69) is 10.2 Å². The van der Waals surface area contributed by atoms with E-state index in [1.54, 1.807) is 18.4 Å². The molecule has 8 heteroatoms. The van der Waals surface area contributed by atoms with Gasteiger partial charge in [0.2, 0.25) is 0 Å². The quantitative estimate of drug-likeness (QED) is 0.594. The molecule has 2 bridgehead atoms. The molecule has 1 aromatic carbocycles. The van der Waals surface area contributed by atoms with Crippen LogP contribution in [0.25, 0.3) is 10.6 Å². The van der Waals surface area contributed by atoms with Crippen LogP contribution in [0.1, 0.15) is 38.8 Å². The van der Waals surface area contributed by atoms with E-state index >= 15 is 0 Å². The Morgan fingerprint density at radius 2 is 1.88 bits per heavy atom. The van der Waals surface area contributed by atoms with Crippen LogP contribution in [0.4, 0.5) is 4.79 Å². The van der Waals surface area contributed by atoms with Crippen molar-refractivity contribution in [2.24, 2.45) is 5.92 Å². The number of ether oxygens (including phenoxy) is 3. The number of nitrogens with one attached hydrogen (secondary N) is 1. The Kier molecular flexibility index (Phi) is 7.33. The summed E-state index contributed by atoms with van der Waals surface area (Å²) < 4.78 is 16.5. The number of thiazole rings is 1. The number of hydrogen-bond acceptors (Lipinski definition) is 7. The van der Waals surface area contributed by atoms with Crippen molar-refractivity contribution in [1.82, 2.24) is 15.2 Å². The van der Waals surface area contributed by atoms with Gasteiger partial charge in [0, 0.05) is 24.6 Å². The lowest BCUT2D eigenvalue weighted by molar-refractivity contribution is 0.0513. The fourth-order valence-corrected chi connectivity index (χ4v) is 5.36. The lowest BCUT2D eigenvalue weighted by Gasteiger charge is -2.30. The highest BCUT2D eigenvalue weighted by molar-refractivity contribution is 7.13. The van der Waals surface area contributed by atoms with Gasteiger partial charge in [-0.25, -0.2) is 9.78 Å². The van der Waals surface area contributed by atoms with Gasteiger partial charge in [0.15, 0.2) is 0 Å². The maximum atomic E-state index is 12.7. The zero-order valence-corrected chi connectivity index (χ0v) is 20.0. The van der Waals surface area contributed by atoms with E-state index < -0.39 is 5.54 Å². The van der Waals surface area contributed by atoms with Crippen molar-refractivity contribution in [3.8, 4) is 16.3 Å². The number of nitrogens with zero attached hydrogens (tertiary/aromatic N) is 2. The average Bonchev–Trinajstić information content (AvgIpc) is 3.14. The molecule has 3 aliphatic rings. The molecule has 1 atom stereocenters. The van der Waals surface area contributed by atoms with Crippen LogP contribution in [0.3, 0.4) is 0 Å². The number of carbonyl (C=O) groups excluding carboxylic acids is 1. The molecule has 0 spiro atoms. The van der Waals surface area contributed by atoms with Crippen LogP contribution in [-0.2, 0) is 15.0 Å². The SMILES string of the molecule is COCCOc1ccc(-c2nc(C(C)(C)NC(=O)OC3CCN4CCC3CC4)cs2)cc1. The third-order valence-corrected chi connectivity index (χ3v) is 7.25. The second-order valence-electron chi connectivity index (χ2n) is 9.07. The summed E-state index contributed by atoms with van der Waals surface area (Å²) in [6, 6.07) is 7.86. The molecule has 0 saturated carbocycles. The topological polar surface area (TPSA) is 72.9 Å². The first kappa shape index (κ1) is 23.0. The minimum absolute atomic E-state index is 0.00826. The summed E-state index contributed by atoms with van der Waals surface area (Å²) in [6.45, 7) is 8.27. The van der Waals surface area contributed by atoms with Gasteiger partial charge in [-0.3, -0.25) is 0 Å². The van der Waals surface area contributed by atoms with Crippen LogP contribution in [0.15, 0.2) is 29.6 Å². The molecule has 2 aromatic rings. The molecule has 0 aliphatic carbocycles. The van der Waals surface area contributed by atoms with Gasteiger partial charge >= 0.3 is 6.09 Å². The maximum Gasteiger partial charge on any atom is 0.408 e. The summed E-state index contributed by atoms with van der Waals surface area (Å²) in [4.78, 5) is 20.0. The monoisotopic (exact) mass is 459 g/mol. The number of rotatable bonds is 8. The second kappa shape index (κ2) is 10.2. The van der Waals surface area contributed by atoms with Crippen LogP contribution in [0, 0.1) is 5.92 Å². The third kappa shape index (κ3) is 5.60. The number of aromatic nitrogens is 1. The van der Waals surface area contributed by atoms with E-state index in [9.17, 15) is 4.79 Å². The van der Waals surface area contributed by atoms with Gasteiger partial charge in [-0.15, -0.1) is 11.3 Å². The van der Waals surface area contributed by atoms with E-state index in [0.29, 0.717) is 19.1 Å². The molecule has 174 valence electrons. The van der Waals surface area contributed by atoms with Crippen LogP contribution >= 0.6 is 11.3 Å². The summed E-state index contributed by atoms with van der Waals surface area (Å²) in [7, 11) is 1.65. The Labute approximate surface area is 194 Å². The fraction of sp³-hybridized carbons (Fsp3) is 0.583. The number of carbonyl (C=O) groups is 1. The third-order valence-electron chi connectivity index (χ3n) is 6.36. The zero-order valence-electron chi connectivity index (χ0n) is 19.1. The number of benzene rings is 1. The summed E-state index contributed by atoms with van der Waals surface area (Å²) in [6.07, 6.45) is 2.81. The van der Waals surface area contributed by atoms with E-state index in [1.165, 1.54) is 0 Å². The molecule has 32 heavy (non-hydrogen) atoms. The summed E-state index contributed by atoms with van der Waals surface area (Å²) >= 11 is 1.56. The number of alkyl carbamates (subject to hydrolysis) is 1. The molecule has 3 aliphatic heterocycles. The molecule has 1 unspecified atom stereocenters. The van der Waals surface area contributed by atoms with Gasteiger partial charge in [0.05, 0.1) is 17.8 Å². The molecule has 5 rings (SSSR count). The molecular formula is C24H33N3O4S. The largest absolute Gasteiger partial charge is 0.491 e. The molecule has 3 saturated heterocycles. The Hall–Kier alpha value is -2.16. The lowest BCUT2D eigenvalue weighted by atomic mass is 9.93. The average molecular weight is 460 g/mol. The highest BCUT2D eigenvalue weighted by atomic mass is 32.1. The maximum absolute atomic E-state index is 12.7. The number of methoxy groups -OCH3 is 1. The summed E-state index contributed by atoms with van der Waals surface area (Å²) in [5.41, 5.74) is 1.22. The van der Waals surface area contributed by atoms with Gasteiger partial charge < -0.3 is 24.4 Å². The molecule has 3 fully saturated rings. The molecule has 1 amide bonds. The Bertz CT molecular complexity index is 891. The second-order valence-corrected chi connectivity index (χ2v) is 9.92. The fourth-order valence-electron chi connectivity index (χ4n) is 4.37. The van der Waals surface area contributed by atoms with Crippen molar-refractivity contribution in [3.05, 3.63) is 35.3 Å². The predicted molar refractivity (Wildman–Crippen MR) is 125 cm³/mol. The van der Waals surface area contributed by atoms with Gasteiger partial charge in [0.1, 0.15) is 23.5 Å². The smallest absolute Gasteiger partial charge is 0.408 e. The molecule has 4 heterocycles. The standard InChI is InChI=1S/C24H33N3O4S/c1-24(2,26-23(28)31-20-10-13-27-11-8-17(20)9-12-27)21-16-32-22(25-21)18-4-6-19(7-5-18)30-15-14-29-3/h4-7,16-17,20H,8-15H2,1-3H3,(H,26,28). The number of fused-ring (bicyclic) bond motifs is 4. The number of piperidine rings is 1. The number of amides is 1. The zero-order chi connectivity index (χ0) is 22.6. The first-order valence-corrected chi connectivity index (χ1v) is 12.2. The molecule has 1 aromatic heterocycles. The van der Waals surface area contributed by atoms with Gasteiger partial charge in [-0.05, 0) is 76.4 Å². The normalized spacial score (nSPS) is 22.9. The number of hydrogen-bond donors (Lipinski definition) is 1. The highest BCUT2D eigenvalue weighted by Crippen LogP contribution is 2.31. The van der Waals surface area contributed by atoms with Gasteiger partial charge in [-0.1, -0.05) is 0 Å². The summed E-state index contributed by atoms with van der Waals surface area (Å²) in [5, 5.41) is 5.94. The molecule has 7 nitrogen and oxygen atoms in total. The van der Waals surface area contributed by atoms with Crippen molar-refractivity contribution in [2.75, 3.05) is 40.0 Å². The predicted octanol–water partition coefficient (Wildman–Crippen LogP) is 4.28. The van der Waals surface area contributed by atoms with Crippen molar-refractivity contribution < 1.29 is 19.0 Å². The Morgan fingerprint density at radius 1 is 1.16 bits per heavy atom. The van der Waals surface area contributed by atoms with E-state index in [-0.39, 0.29) is 12.2 Å². The van der Waals surface area contributed by atoms with Crippen LogP contribution in [0.5, 0.6) is 5.75 Å². The van der Waals surface area contributed by atoms with Crippen molar-refractivity contribution >= 4 is 17.4 Å². The first-order valence-electron chi connectivity index (χ1n) is 11.3. The van der Waals surface area contributed by atoms with E-state index in [4.69, 9.17) is 19.2 Å². The Balaban J connectivity index is 1.35. The van der Waals surface area contributed by atoms with E-state index in [1.807, 2.05) is 43.5 Å². The molecular weight excluding hydrogens is 426 g/mol. The minimum Gasteiger partial charge on any atom is -0.491 e. The minimum atomic E-state index is -0.624. The van der Waals surface area contributed by atoms with Gasteiger partial charge in [-0.2, -0.15) is 0 Å². The van der Waals surface area contributed by atoms with Crippen LogP contribution in [0.2, 0.25) is 0 Å².